The van der Waals surface area contributed by atoms with Crippen molar-refractivity contribution in [3.05, 3.63) is 94.5 Å². The molecule has 0 saturated heterocycles. The van der Waals surface area contributed by atoms with Gasteiger partial charge in [0.15, 0.2) is 0 Å². The fourth-order valence-electron chi connectivity index (χ4n) is 3.03. The lowest BCUT2D eigenvalue weighted by Gasteiger charge is -2.10. The van der Waals surface area contributed by atoms with Crippen molar-refractivity contribution in [1.29, 1.82) is 0 Å². The van der Waals surface area contributed by atoms with Gasteiger partial charge in [-0.2, -0.15) is 5.10 Å². The van der Waals surface area contributed by atoms with Crippen LogP contribution in [-0.2, 0) is 9.59 Å². The largest absolute Gasteiger partial charge is 0.422 e. The number of para-hydroxylation sites is 2. The molecular weight excluding hydrogens is 406 g/mol. The van der Waals surface area contributed by atoms with Crippen molar-refractivity contribution in [2.45, 2.75) is 20.8 Å². The Labute approximate surface area is 186 Å². The van der Waals surface area contributed by atoms with E-state index in [-0.39, 0.29) is 5.75 Å². The van der Waals surface area contributed by atoms with Crippen molar-refractivity contribution in [2.24, 2.45) is 5.10 Å². The molecule has 3 aromatic rings. The van der Waals surface area contributed by atoms with E-state index >= 15 is 0 Å². The number of nitrogens with zero attached hydrogens (tertiary/aromatic N) is 1. The molecule has 7 heteroatoms. The lowest BCUT2D eigenvalue weighted by atomic mass is 10.1. The van der Waals surface area contributed by atoms with E-state index in [2.05, 4.69) is 15.8 Å². The van der Waals surface area contributed by atoms with Crippen LogP contribution in [0.25, 0.3) is 0 Å². The van der Waals surface area contributed by atoms with Crippen LogP contribution in [-0.4, -0.2) is 24.0 Å². The molecule has 7 nitrogen and oxygen atoms in total. The lowest BCUT2D eigenvalue weighted by Crippen LogP contribution is -2.32. The number of hydrogen-bond donors (Lipinski definition) is 2. The van der Waals surface area contributed by atoms with Crippen molar-refractivity contribution in [2.75, 3.05) is 5.32 Å². The number of carbonyl (C=O) groups excluding carboxylic acids is 3. The first-order valence-electron chi connectivity index (χ1n) is 9.94. The third kappa shape index (κ3) is 5.46. The van der Waals surface area contributed by atoms with Crippen LogP contribution in [0.15, 0.2) is 71.8 Å². The van der Waals surface area contributed by atoms with Gasteiger partial charge < -0.3 is 10.1 Å². The maximum atomic E-state index is 12.5. The number of carbonyl (C=O) groups is 3. The molecule has 0 aromatic heterocycles. The number of esters is 1. The molecule has 0 heterocycles. The summed E-state index contributed by atoms with van der Waals surface area (Å²) in [6, 6.07) is 19.4. The molecule has 2 N–H and O–H groups in total. The first-order valence-corrected chi connectivity index (χ1v) is 9.94. The first-order chi connectivity index (χ1) is 15.4. The summed E-state index contributed by atoms with van der Waals surface area (Å²) in [4.78, 5) is 36.8. The van der Waals surface area contributed by atoms with Gasteiger partial charge in [0, 0.05) is 11.3 Å². The molecule has 32 heavy (non-hydrogen) atoms. The maximum Gasteiger partial charge on any atom is 0.343 e. The molecule has 0 spiro atoms. The maximum absolute atomic E-state index is 12.5. The highest BCUT2D eigenvalue weighted by Gasteiger charge is 2.16. The molecule has 0 aliphatic carbocycles. The smallest absolute Gasteiger partial charge is 0.343 e. The average molecular weight is 429 g/mol. The molecule has 0 bridgehead atoms. The molecule has 0 aliphatic heterocycles. The van der Waals surface area contributed by atoms with Crippen molar-refractivity contribution in [3.63, 3.8) is 0 Å². The standard InChI is InChI=1S/C25H23N3O4/c1-16-9-4-6-13-20(16)25(31)32-21-14-7-5-12-19(21)15-26-28-24(30)23(29)27-22-17(2)10-8-11-18(22)3/h4-15H,1-3H3,(H,27,29)(H,28,30)/b26-15+. The fourth-order valence-corrected chi connectivity index (χ4v) is 3.03. The third-order valence-corrected chi connectivity index (χ3v) is 4.78. The van der Waals surface area contributed by atoms with E-state index in [9.17, 15) is 14.4 Å². The molecule has 3 rings (SSSR count). The SMILES string of the molecule is Cc1ccccc1C(=O)Oc1ccccc1/C=N/NC(=O)C(=O)Nc1c(C)cccc1C. The summed E-state index contributed by atoms with van der Waals surface area (Å²) < 4.78 is 5.50. The molecular formula is C25H23N3O4. The van der Waals surface area contributed by atoms with Gasteiger partial charge >= 0.3 is 17.8 Å². The van der Waals surface area contributed by atoms with Gasteiger partial charge in [-0.3, -0.25) is 9.59 Å². The Kier molecular flexibility index (Phi) is 7.13. The van der Waals surface area contributed by atoms with Crippen LogP contribution < -0.4 is 15.5 Å². The lowest BCUT2D eigenvalue weighted by molar-refractivity contribution is -0.136. The van der Waals surface area contributed by atoms with Crippen LogP contribution in [0.2, 0.25) is 0 Å². The molecule has 0 saturated carbocycles. The average Bonchev–Trinajstić information content (AvgIpc) is 2.77. The Morgan fingerprint density at radius 3 is 2.12 bits per heavy atom. The number of hydrazone groups is 1. The normalized spacial score (nSPS) is 10.6. The minimum atomic E-state index is -0.918. The van der Waals surface area contributed by atoms with E-state index in [0.29, 0.717) is 16.8 Å². The van der Waals surface area contributed by atoms with E-state index in [4.69, 9.17) is 4.74 Å². The topological polar surface area (TPSA) is 96.9 Å². The zero-order valence-electron chi connectivity index (χ0n) is 18.0. The summed E-state index contributed by atoms with van der Waals surface area (Å²) in [5.41, 5.74) is 6.18. The van der Waals surface area contributed by atoms with Crippen LogP contribution in [0.4, 0.5) is 5.69 Å². The number of rotatable bonds is 5. The minimum Gasteiger partial charge on any atom is -0.422 e. The number of nitrogens with one attached hydrogen (secondary N) is 2. The van der Waals surface area contributed by atoms with Crippen LogP contribution in [0.1, 0.15) is 32.6 Å². The van der Waals surface area contributed by atoms with Crippen molar-refractivity contribution < 1.29 is 19.1 Å². The van der Waals surface area contributed by atoms with E-state index in [1.807, 2.05) is 51.1 Å². The number of aryl methyl sites for hydroxylation is 3. The van der Waals surface area contributed by atoms with Gasteiger partial charge in [0.25, 0.3) is 0 Å². The number of benzene rings is 3. The summed E-state index contributed by atoms with van der Waals surface area (Å²) in [6.07, 6.45) is 1.31. The summed E-state index contributed by atoms with van der Waals surface area (Å²) in [6.45, 7) is 5.50. The monoisotopic (exact) mass is 429 g/mol. The predicted octanol–water partition coefficient (Wildman–Crippen LogP) is 3.92. The van der Waals surface area contributed by atoms with Crippen LogP contribution in [0, 0.1) is 20.8 Å². The highest BCUT2D eigenvalue weighted by molar-refractivity contribution is 6.39. The Bertz CT molecular complexity index is 1180. The second kappa shape index (κ2) is 10.2. The predicted molar refractivity (Wildman–Crippen MR) is 123 cm³/mol. The molecule has 0 aliphatic rings. The van der Waals surface area contributed by atoms with Gasteiger partial charge in [0.2, 0.25) is 0 Å². The summed E-state index contributed by atoms with van der Waals surface area (Å²) in [7, 11) is 0. The molecule has 0 atom stereocenters. The summed E-state index contributed by atoms with van der Waals surface area (Å²) in [5.74, 6) is -1.98. The van der Waals surface area contributed by atoms with Gasteiger partial charge in [-0.05, 0) is 55.7 Å². The third-order valence-electron chi connectivity index (χ3n) is 4.78. The fraction of sp³-hybridized carbons (Fsp3) is 0.120. The zero-order chi connectivity index (χ0) is 23.1. The van der Waals surface area contributed by atoms with Gasteiger partial charge in [-0.25, -0.2) is 10.2 Å². The number of ether oxygens (including phenoxy) is 1. The molecule has 0 unspecified atom stereocenters. The van der Waals surface area contributed by atoms with Gasteiger partial charge in [0.1, 0.15) is 5.75 Å². The highest BCUT2D eigenvalue weighted by atomic mass is 16.5. The van der Waals surface area contributed by atoms with Crippen molar-refractivity contribution in [3.8, 4) is 5.75 Å². The number of amides is 2. The van der Waals surface area contributed by atoms with Gasteiger partial charge in [-0.15, -0.1) is 0 Å². The molecule has 3 aromatic carbocycles. The van der Waals surface area contributed by atoms with E-state index in [1.54, 1.807) is 36.4 Å². The summed E-state index contributed by atoms with van der Waals surface area (Å²) in [5, 5.41) is 6.42. The zero-order valence-corrected chi connectivity index (χ0v) is 18.0. The quantitative estimate of drug-likeness (QED) is 0.211. The van der Waals surface area contributed by atoms with E-state index < -0.39 is 17.8 Å². The molecule has 0 radical (unpaired) electrons. The number of hydrogen-bond acceptors (Lipinski definition) is 5. The van der Waals surface area contributed by atoms with Crippen LogP contribution in [0.3, 0.4) is 0 Å². The second-order valence-corrected chi connectivity index (χ2v) is 7.16. The first kappa shape index (κ1) is 22.4. The van der Waals surface area contributed by atoms with Gasteiger partial charge in [0.05, 0.1) is 11.8 Å². The minimum absolute atomic E-state index is 0.277. The van der Waals surface area contributed by atoms with Crippen LogP contribution in [0.5, 0.6) is 5.75 Å². The highest BCUT2D eigenvalue weighted by Crippen LogP contribution is 2.20. The van der Waals surface area contributed by atoms with E-state index in [0.717, 1.165) is 16.7 Å². The Morgan fingerprint density at radius 1 is 0.781 bits per heavy atom. The Hall–Kier alpha value is -4.26. The molecule has 0 fully saturated rings. The number of anilines is 1. The van der Waals surface area contributed by atoms with Crippen LogP contribution >= 0.6 is 0 Å². The molecule has 162 valence electrons. The van der Waals surface area contributed by atoms with Crippen molar-refractivity contribution in [1.82, 2.24) is 5.43 Å². The van der Waals surface area contributed by atoms with Crippen molar-refractivity contribution >= 4 is 29.7 Å². The van der Waals surface area contributed by atoms with Gasteiger partial charge in [-0.1, -0.05) is 48.5 Å². The Balaban J connectivity index is 1.66. The summed E-state index contributed by atoms with van der Waals surface area (Å²) >= 11 is 0. The Morgan fingerprint density at radius 2 is 1.41 bits per heavy atom. The molecule has 2 amide bonds. The second-order valence-electron chi connectivity index (χ2n) is 7.16. The van der Waals surface area contributed by atoms with E-state index in [1.165, 1.54) is 6.21 Å².